The number of nitrogens with one attached hydrogen (secondary N) is 2. The predicted octanol–water partition coefficient (Wildman–Crippen LogP) is 4.58. The van der Waals surface area contributed by atoms with Gasteiger partial charge in [-0.2, -0.15) is 0 Å². The molecule has 0 atom stereocenters. The smallest absolute Gasteiger partial charge is 0.191 e. The van der Waals surface area contributed by atoms with Crippen LogP contribution >= 0.6 is 35.7 Å². The molecule has 0 amide bonds. The molecule has 1 heterocycles. The maximum absolute atomic E-state index is 4.36. The zero-order valence-corrected chi connectivity index (χ0v) is 19.9. The monoisotopic (exact) mass is 508 g/mol. The maximum Gasteiger partial charge on any atom is 0.191 e. The Hall–Kier alpha value is -1.67. The maximum atomic E-state index is 4.36. The van der Waals surface area contributed by atoms with Crippen molar-refractivity contribution in [3.05, 3.63) is 71.3 Å². The number of rotatable bonds is 6. The number of aryl methyl sites for hydroxylation is 1. The Morgan fingerprint density at radius 3 is 2.54 bits per heavy atom. The van der Waals surface area contributed by atoms with Crippen LogP contribution in [0.1, 0.15) is 16.7 Å². The summed E-state index contributed by atoms with van der Waals surface area (Å²) in [5.74, 6) is 0.816. The molecule has 0 saturated heterocycles. The van der Waals surface area contributed by atoms with E-state index in [1.807, 2.05) is 7.05 Å². The van der Waals surface area contributed by atoms with Gasteiger partial charge in [0.2, 0.25) is 0 Å². The number of hydrogen-bond acceptors (Lipinski definition) is 3. The van der Waals surface area contributed by atoms with Crippen LogP contribution in [0.15, 0.2) is 64.5 Å². The molecule has 0 spiro atoms. The number of halogens is 1. The molecule has 150 valence electrons. The Morgan fingerprint density at radius 1 is 1.07 bits per heavy atom. The summed E-state index contributed by atoms with van der Waals surface area (Å²) in [5, 5.41) is 6.85. The number of thioether (sulfide) groups is 1. The van der Waals surface area contributed by atoms with E-state index in [1.54, 1.807) is 11.8 Å². The van der Waals surface area contributed by atoms with Gasteiger partial charge in [-0.15, -0.1) is 35.7 Å². The highest BCUT2D eigenvalue weighted by Gasteiger charge is 2.08. The summed E-state index contributed by atoms with van der Waals surface area (Å²) in [4.78, 5) is 8.03. The molecule has 2 N–H and O–H groups in total. The first-order valence-corrected chi connectivity index (χ1v) is 10.5. The van der Waals surface area contributed by atoms with Gasteiger partial charge in [-0.25, -0.2) is 0 Å². The van der Waals surface area contributed by atoms with Crippen LogP contribution in [-0.2, 0) is 13.1 Å². The molecule has 28 heavy (non-hydrogen) atoms. The standard InChI is InChI=1S/C22H28N4S.HI/c1-17-9-10-19(21(13-17)27-3)16-25-22(23-2)24-15-18-7-6-8-20(14-18)26-11-4-5-12-26;/h4-10,13-14H,11-12,15-16H2,1-3H3,(H2,23,24,25);1H. The van der Waals surface area contributed by atoms with Crippen LogP contribution in [0.4, 0.5) is 5.69 Å². The molecule has 0 radical (unpaired) electrons. The molecule has 0 saturated carbocycles. The summed E-state index contributed by atoms with van der Waals surface area (Å²) in [6.45, 7) is 5.63. The average molecular weight is 508 g/mol. The molecular weight excluding hydrogens is 479 g/mol. The molecule has 6 heteroatoms. The fourth-order valence-electron chi connectivity index (χ4n) is 3.14. The van der Waals surface area contributed by atoms with E-state index in [9.17, 15) is 0 Å². The van der Waals surface area contributed by atoms with Gasteiger partial charge in [0.05, 0.1) is 0 Å². The molecule has 0 unspecified atom stereocenters. The fraction of sp³-hybridized carbons (Fsp3) is 0.318. The van der Waals surface area contributed by atoms with E-state index in [0.717, 1.165) is 32.1 Å². The third-order valence-corrected chi connectivity index (χ3v) is 5.49. The van der Waals surface area contributed by atoms with E-state index in [4.69, 9.17) is 0 Å². The van der Waals surface area contributed by atoms with Gasteiger partial charge in [-0.05, 0) is 48.1 Å². The van der Waals surface area contributed by atoms with Gasteiger partial charge in [-0.1, -0.05) is 36.4 Å². The third kappa shape index (κ3) is 6.17. The van der Waals surface area contributed by atoms with Crippen molar-refractivity contribution in [1.82, 2.24) is 10.6 Å². The molecule has 1 aliphatic rings. The van der Waals surface area contributed by atoms with Gasteiger partial charge in [0, 0.05) is 43.8 Å². The van der Waals surface area contributed by atoms with Crippen LogP contribution in [0.5, 0.6) is 0 Å². The van der Waals surface area contributed by atoms with E-state index in [-0.39, 0.29) is 24.0 Å². The molecule has 2 aromatic carbocycles. The topological polar surface area (TPSA) is 39.7 Å². The first-order valence-electron chi connectivity index (χ1n) is 9.26. The largest absolute Gasteiger partial charge is 0.364 e. The second-order valence-corrected chi connectivity index (χ2v) is 7.49. The minimum absolute atomic E-state index is 0. The minimum atomic E-state index is 0. The van der Waals surface area contributed by atoms with E-state index in [1.165, 1.54) is 27.3 Å². The fourth-order valence-corrected chi connectivity index (χ4v) is 3.84. The number of anilines is 1. The van der Waals surface area contributed by atoms with Gasteiger partial charge in [0.25, 0.3) is 0 Å². The van der Waals surface area contributed by atoms with E-state index in [2.05, 4.69) is 88.3 Å². The number of guanidine groups is 1. The van der Waals surface area contributed by atoms with Gasteiger partial charge in [-0.3, -0.25) is 4.99 Å². The first-order chi connectivity index (χ1) is 13.2. The summed E-state index contributed by atoms with van der Waals surface area (Å²) in [5.41, 5.74) is 5.10. The molecule has 2 aromatic rings. The minimum Gasteiger partial charge on any atom is -0.364 e. The van der Waals surface area contributed by atoms with E-state index < -0.39 is 0 Å². The second-order valence-electron chi connectivity index (χ2n) is 6.64. The Balaban J connectivity index is 0.00000280. The zero-order chi connectivity index (χ0) is 19.1. The van der Waals surface area contributed by atoms with Crippen molar-refractivity contribution in [2.45, 2.75) is 24.9 Å². The number of nitrogens with zero attached hydrogens (tertiary/aromatic N) is 2. The lowest BCUT2D eigenvalue weighted by atomic mass is 10.1. The Morgan fingerprint density at radius 2 is 1.82 bits per heavy atom. The van der Waals surface area contributed by atoms with Crippen LogP contribution in [0.3, 0.4) is 0 Å². The molecule has 0 bridgehead atoms. The van der Waals surface area contributed by atoms with Gasteiger partial charge in [0.15, 0.2) is 5.96 Å². The molecular formula is C22H29IN4S. The van der Waals surface area contributed by atoms with Crippen molar-refractivity contribution in [1.29, 1.82) is 0 Å². The van der Waals surface area contributed by atoms with Crippen molar-refractivity contribution in [2.75, 3.05) is 31.3 Å². The highest BCUT2D eigenvalue weighted by atomic mass is 127. The Kier molecular flexibility index (Phi) is 9.18. The predicted molar refractivity (Wildman–Crippen MR) is 133 cm³/mol. The quantitative estimate of drug-likeness (QED) is 0.197. The van der Waals surface area contributed by atoms with E-state index in [0.29, 0.717) is 0 Å². The summed E-state index contributed by atoms with van der Waals surface area (Å²) >= 11 is 1.78. The van der Waals surface area contributed by atoms with Crippen molar-refractivity contribution < 1.29 is 0 Å². The molecule has 0 aromatic heterocycles. The molecule has 0 fully saturated rings. The highest BCUT2D eigenvalue weighted by molar-refractivity contribution is 14.0. The lowest BCUT2D eigenvalue weighted by Gasteiger charge is -2.19. The first kappa shape index (κ1) is 22.6. The second kappa shape index (κ2) is 11.4. The van der Waals surface area contributed by atoms with Gasteiger partial charge in [0.1, 0.15) is 0 Å². The van der Waals surface area contributed by atoms with Crippen molar-refractivity contribution in [3.8, 4) is 0 Å². The van der Waals surface area contributed by atoms with Crippen LogP contribution in [0.2, 0.25) is 0 Å². The summed E-state index contributed by atoms with van der Waals surface area (Å²) in [6, 6.07) is 15.3. The van der Waals surface area contributed by atoms with Crippen molar-refractivity contribution >= 4 is 47.4 Å². The number of hydrogen-bond donors (Lipinski definition) is 2. The Labute approximate surface area is 189 Å². The van der Waals surface area contributed by atoms with Crippen LogP contribution in [0.25, 0.3) is 0 Å². The Bertz CT molecular complexity index is 827. The lowest BCUT2D eigenvalue weighted by molar-refractivity contribution is 0.800. The zero-order valence-electron chi connectivity index (χ0n) is 16.7. The molecule has 0 aliphatic carbocycles. The summed E-state index contributed by atoms with van der Waals surface area (Å²) < 4.78 is 0. The van der Waals surface area contributed by atoms with Crippen molar-refractivity contribution in [3.63, 3.8) is 0 Å². The van der Waals surface area contributed by atoms with Gasteiger partial charge < -0.3 is 15.5 Å². The van der Waals surface area contributed by atoms with Crippen molar-refractivity contribution in [2.24, 2.45) is 4.99 Å². The SMILES string of the molecule is CN=C(NCc1cccc(N2CC=CC2)c1)NCc1ccc(C)cc1SC.I. The van der Waals surface area contributed by atoms with Crippen LogP contribution < -0.4 is 15.5 Å². The van der Waals surface area contributed by atoms with Crippen LogP contribution in [-0.4, -0.2) is 32.4 Å². The van der Waals surface area contributed by atoms with Crippen LogP contribution in [0, 0.1) is 6.92 Å². The molecule has 1 aliphatic heterocycles. The summed E-state index contributed by atoms with van der Waals surface area (Å²) in [7, 11) is 1.81. The number of benzene rings is 2. The molecule has 3 rings (SSSR count). The van der Waals surface area contributed by atoms with E-state index >= 15 is 0 Å². The highest BCUT2D eigenvalue weighted by Crippen LogP contribution is 2.21. The lowest BCUT2D eigenvalue weighted by Crippen LogP contribution is -2.36. The van der Waals surface area contributed by atoms with Gasteiger partial charge >= 0.3 is 0 Å². The summed E-state index contributed by atoms with van der Waals surface area (Å²) in [6.07, 6.45) is 6.55. The normalized spacial score (nSPS) is 13.4. The average Bonchev–Trinajstić information content (AvgIpc) is 3.24. The third-order valence-electron chi connectivity index (χ3n) is 4.67. The number of aliphatic imine (C=N–C) groups is 1. The molecule has 4 nitrogen and oxygen atoms in total.